The lowest BCUT2D eigenvalue weighted by Crippen LogP contribution is -2.07. The quantitative estimate of drug-likeness (QED) is 0.215. The summed E-state index contributed by atoms with van der Waals surface area (Å²) in [6.07, 6.45) is 7.29. The van der Waals surface area contributed by atoms with Crippen molar-refractivity contribution in [2.75, 3.05) is 6.61 Å². The van der Waals surface area contributed by atoms with Crippen LogP contribution in [0.3, 0.4) is 0 Å². The molecule has 0 bridgehead atoms. The topological polar surface area (TPSA) is 61.8 Å². The fraction of sp³-hybridized carbons (Fsp3) is 0.333. The molecule has 5 nitrogen and oxygen atoms in total. The lowest BCUT2D eigenvalue weighted by molar-refractivity contribution is -0.134. The molecule has 0 saturated heterocycles. The Labute approximate surface area is 172 Å². The predicted molar refractivity (Wildman–Crippen MR) is 113 cm³/mol. The van der Waals surface area contributed by atoms with Gasteiger partial charge in [-0.2, -0.15) is 0 Å². The first-order valence-corrected chi connectivity index (χ1v) is 10.0. The minimum absolute atomic E-state index is 0.253. The zero-order chi connectivity index (χ0) is 20.9. The Morgan fingerprint density at radius 3 is 2.03 bits per heavy atom. The van der Waals surface area contributed by atoms with Crippen LogP contribution in [0.25, 0.3) is 6.08 Å². The fourth-order valence-electron chi connectivity index (χ4n) is 2.49. The molecule has 29 heavy (non-hydrogen) atoms. The largest absolute Gasteiger partial charge is 0.494 e. The molecule has 2 rings (SSSR count). The zero-order valence-electron chi connectivity index (χ0n) is 17.1. The van der Waals surface area contributed by atoms with Gasteiger partial charge in [-0.1, -0.05) is 38.8 Å². The normalized spacial score (nSPS) is 10.7. The Hall–Kier alpha value is -3.08. The molecule has 0 atom stereocenters. The summed E-state index contributed by atoms with van der Waals surface area (Å²) in [6.45, 7) is 4.82. The minimum atomic E-state index is -0.486. The fourth-order valence-corrected chi connectivity index (χ4v) is 2.49. The molecule has 2 aromatic carbocycles. The van der Waals surface area contributed by atoms with Crippen LogP contribution in [0, 0.1) is 0 Å². The average Bonchev–Trinajstić information content (AvgIpc) is 2.73. The van der Waals surface area contributed by atoms with Crippen molar-refractivity contribution < 1.29 is 23.8 Å². The van der Waals surface area contributed by atoms with Crippen molar-refractivity contribution in [1.82, 2.24) is 0 Å². The van der Waals surface area contributed by atoms with Gasteiger partial charge in [-0.15, -0.1) is 0 Å². The van der Waals surface area contributed by atoms with E-state index in [-0.39, 0.29) is 5.97 Å². The number of carbonyl (C=O) groups is 2. The van der Waals surface area contributed by atoms with Gasteiger partial charge < -0.3 is 14.2 Å². The van der Waals surface area contributed by atoms with E-state index in [4.69, 9.17) is 14.2 Å². The van der Waals surface area contributed by atoms with E-state index in [0.29, 0.717) is 24.5 Å². The molecule has 0 spiro atoms. The molecule has 0 aliphatic heterocycles. The van der Waals surface area contributed by atoms with E-state index in [1.165, 1.54) is 6.08 Å². The molecule has 0 aromatic heterocycles. The number of carbonyl (C=O) groups excluding carboxylic acids is 2. The summed E-state index contributed by atoms with van der Waals surface area (Å²) in [4.78, 5) is 23.7. The van der Waals surface area contributed by atoms with Gasteiger partial charge in [-0.05, 0) is 60.9 Å². The first kappa shape index (κ1) is 22.2. The third-order valence-corrected chi connectivity index (χ3v) is 4.02. The molecule has 0 radical (unpaired) electrons. The number of hydrogen-bond donors (Lipinski definition) is 0. The number of rotatable bonds is 11. The predicted octanol–water partition coefficient (Wildman–Crippen LogP) is 5.58. The molecule has 0 aliphatic rings. The molecule has 0 heterocycles. The molecular formula is C24H28O5. The van der Waals surface area contributed by atoms with Crippen molar-refractivity contribution >= 4 is 18.0 Å². The highest BCUT2D eigenvalue weighted by Gasteiger charge is 2.06. The van der Waals surface area contributed by atoms with E-state index in [1.807, 2.05) is 24.3 Å². The van der Waals surface area contributed by atoms with Gasteiger partial charge in [0.15, 0.2) is 0 Å². The maximum absolute atomic E-state index is 12.0. The minimum Gasteiger partial charge on any atom is -0.494 e. The van der Waals surface area contributed by atoms with Gasteiger partial charge in [0, 0.05) is 12.5 Å². The summed E-state index contributed by atoms with van der Waals surface area (Å²) >= 11 is 0. The average molecular weight is 396 g/mol. The van der Waals surface area contributed by atoms with E-state index in [1.54, 1.807) is 30.3 Å². The van der Waals surface area contributed by atoms with Crippen molar-refractivity contribution in [3.05, 3.63) is 60.2 Å². The molecule has 0 amide bonds. The van der Waals surface area contributed by atoms with Gasteiger partial charge in [0.2, 0.25) is 0 Å². The standard InChI is InChI=1S/C24H28O5/c1-3-5-6-7-23(25)28-21-13-15-22(16-14-21)29-24(26)17-10-19-8-11-20(12-9-19)27-18-4-2/h8-17H,3-7,18H2,1-2H3. The molecule has 0 saturated carbocycles. The van der Waals surface area contributed by atoms with Crippen molar-refractivity contribution in [1.29, 1.82) is 0 Å². The van der Waals surface area contributed by atoms with Crippen LogP contribution in [0.4, 0.5) is 0 Å². The van der Waals surface area contributed by atoms with Crippen LogP contribution >= 0.6 is 0 Å². The molecule has 154 valence electrons. The van der Waals surface area contributed by atoms with E-state index >= 15 is 0 Å². The molecule has 0 aliphatic carbocycles. The van der Waals surface area contributed by atoms with Gasteiger partial charge in [-0.3, -0.25) is 4.79 Å². The maximum atomic E-state index is 12.0. The maximum Gasteiger partial charge on any atom is 0.336 e. The number of benzene rings is 2. The van der Waals surface area contributed by atoms with Gasteiger partial charge in [0.1, 0.15) is 17.2 Å². The molecular weight excluding hydrogens is 368 g/mol. The summed E-state index contributed by atoms with van der Waals surface area (Å²) in [7, 11) is 0. The highest BCUT2D eigenvalue weighted by Crippen LogP contribution is 2.19. The zero-order valence-corrected chi connectivity index (χ0v) is 17.1. The first-order valence-electron chi connectivity index (χ1n) is 10.0. The highest BCUT2D eigenvalue weighted by atomic mass is 16.5. The molecule has 0 unspecified atom stereocenters. The number of unbranched alkanes of at least 4 members (excludes halogenated alkanes) is 2. The first-order chi connectivity index (χ1) is 14.1. The highest BCUT2D eigenvalue weighted by molar-refractivity contribution is 5.88. The third-order valence-electron chi connectivity index (χ3n) is 4.02. The molecule has 5 heteroatoms. The Bertz CT molecular complexity index is 791. The van der Waals surface area contributed by atoms with Gasteiger partial charge >= 0.3 is 11.9 Å². The van der Waals surface area contributed by atoms with Crippen molar-refractivity contribution in [2.24, 2.45) is 0 Å². The smallest absolute Gasteiger partial charge is 0.336 e. The molecule has 0 N–H and O–H groups in total. The van der Waals surface area contributed by atoms with Gasteiger partial charge in [0.05, 0.1) is 6.61 Å². The van der Waals surface area contributed by atoms with Crippen LogP contribution in [0.5, 0.6) is 17.2 Å². The third kappa shape index (κ3) is 8.64. The second kappa shape index (κ2) is 12.4. The summed E-state index contributed by atoms with van der Waals surface area (Å²) in [5.74, 6) is 0.886. The summed E-state index contributed by atoms with van der Waals surface area (Å²) in [5.41, 5.74) is 0.871. The second-order valence-corrected chi connectivity index (χ2v) is 6.57. The van der Waals surface area contributed by atoms with Crippen LogP contribution in [-0.2, 0) is 9.59 Å². The number of esters is 2. The summed E-state index contributed by atoms with van der Waals surface area (Å²) < 4.78 is 16.0. The van der Waals surface area contributed by atoms with Crippen LogP contribution in [0.2, 0.25) is 0 Å². The van der Waals surface area contributed by atoms with Crippen LogP contribution < -0.4 is 14.2 Å². The molecule has 0 fully saturated rings. The van der Waals surface area contributed by atoms with Crippen LogP contribution in [0.15, 0.2) is 54.6 Å². The Morgan fingerprint density at radius 2 is 1.41 bits per heavy atom. The van der Waals surface area contributed by atoms with E-state index in [9.17, 15) is 9.59 Å². The number of hydrogen-bond acceptors (Lipinski definition) is 5. The van der Waals surface area contributed by atoms with Crippen molar-refractivity contribution in [3.63, 3.8) is 0 Å². The SMILES string of the molecule is CCCCCC(=O)Oc1ccc(OC(=O)C=Cc2ccc(OCCC)cc2)cc1. The summed E-state index contributed by atoms with van der Waals surface area (Å²) in [5, 5.41) is 0. The monoisotopic (exact) mass is 396 g/mol. The van der Waals surface area contributed by atoms with Gasteiger partial charge in [0.25, 0.3) is 0 Å². The molecule has 2 aromatic rings. The Kier molecular flexibility index (Phi) is 9.49. The Morgan fingerprint density at radius 1 is 0.793 bits per heavy atom. The summed E-state index contributed by atoms with van der Waals surface area (Å²) in [6, 6.07) is 13.9. The second-order valence-electron chi connectivity index (χ2n) is 6.57. The lowest BCUT2D eigenvalue weighted by Gasteiger charge is -2.06. The van der Waals surface area contributed by atoms with E-state index in [2.05, 4.69) is 13.8 Å². The van der Waals surface area contributed by atoms with E-state index in [0.717, 1.165) is 37.0 Å². The van der Waals surface area contributed by atoms with Gasteiger partial charge in [-0.25, -0.2) is 4.79 Å². The van der Waals surface area contributed by atoms with Crippen LogP contribution in [-0.4, -0.2) is 18.5 Å². The van der Waals surface area contributed by atoms with E-state index < -0.39 is 5.97 Å². The number of ether oxygens (including phenoxy) is 3. The lowest BCUT2D eigenvalue weighted by atomic mass is 10.2. The van der Waals surface area contributed by atoms with Crippen molar-refractivity contribution in [3.8, 4) is 17.2 Å². The Balaban J connectivity index is 1.81. The van der Waals surface area contributed by atoms with Crippen molar-refractivity contribution in [2.45, 2.75) is 46.0 Å². The van der Waals surface area contributed by atoms with Crippen LogP contribution in [0.1, 0.15) is 51.5 Å².